The minimum atomic E-state index is 0.190. The molecule has 134 valence electrons. The van der Waals surface area contributed by atoms with Crippen molar-refractivity contribution in [3.63, 3.8) is 0 Å². The van der Waals surface area contributed by atoms with Gasteiger partial charge in [0.15, 0.2) is 5.96 Å². The van der Waals surface area contributed by atoms with Crippen molar-refractivity contribution in [2.24, 2.45) is 4.99 Å². The zero-order valence-corrected chi connectivity index (χ0v) is 15.3. The summed E-state index contributed by atoms with van der Waals surface area (Å²) >= 11 is 1.79. The molecule has 25 heavy (non-hydrogen) atoms. The molecule has 3 rings (SSSR count). The van der Waals surface area contributed by atoms with E-state index in [1.54, 1.807) is 24.6 Å². The van der Waals surface area contributed by atoms with Crippen molar-refractivity contribution < 1.29 is 9.21 Å². The van der Waals surface area contributed by atoms with Crippen LogP contribution in [0.4, 0.5) is 0 Å². The number of amides is 1. The maximum absolute atomic E-state index is 12.4. The fraction of sp³-hybridized carbons (Fsp3) is 0.444. The third-order valence-corrected chi connectivity index (χ3v) is 5.28. The number of carbonyl (C=O) groups excluding carboxylic acids is 1. The van der Waals surface area contributed by atoms with E-state index in [1.807, 2.05) is 17.0 Å². The van der Waals surface area contributed by atoms with Crippen LogP contribution in [0.15, 0.2) is 39.3 Å². The lowest BCUT2D eigenvalue weighted by atomic mass is 10.1. The Bertz CT molecular complexity index is 708. The largest absolute Gasteiger partial charge is 0.469 e. The molecule has 0 aliphatic carbocycles. The Balaban J connectivity index is 1.35. The maximum atomic E-state index is 12.4. The van der Waals surface area contributed by atoms with Gasteiger partial charge >= 0.3 is 0 Å². The van der Waals surface area contributed by atoms with Gasteiger partial charge in [-0.1, -0.05) is 0 Å². The lowest BCUT2D eigenvalue weighted by molar-refractivity contribution is -0.131. The molecule has 2 N–H and O–H groups in total. The first kappa shape index (κ1) is 17.5. The average Bonchev–Trinajstić information content (AvgIpc) is 3.31. The van der Waals surface area contributed by atoms with E-state index in [0.717, 1.165) is 38.2 Å². The number of hydrogen-bond acceptors (Lipinski definition) is 4. The van der Waals surface area contributed by atoms with Gasteiger partial charge in [-0.2, -0.15) is 0 Å². The topological polar surface area (TPSA) is 69.9 Å². The quantitative estimate of drug-likeness (QED) is 0.611. The van der Waals surface area contributed by atoms with E-state index in [-0.39, 0.29) is 5.91 Å². The number of guanidine groups is 1. The number of nitrogens with zero attached hydrogens (tertiary/aromatic N) is 2. The summed E-state index contributed by atoms with van der Waals surface area (Å²) in [6.45, 7) is 2.87. The maximum Gasteiger partial charge on any atom is 0.224 e. The minimum Gasteiger partial charge on any atom is -0.469 e. The Labute approximate surface area is 151 Å². The highest BCUT2D eigenvalue weighted by atomic mass is 32.1. The summed E-state index contributed by atoms with van der Waals surface area (Å²) < 4.78 is 5.30. The van der Waals surface area contributed by atoms with Gasteiger partial charge in [-0.25, -0.2) is 0 Å². The van der Waals surface area contributed by atoms with E-state index in [1.165, 1.54) is 10.4 Å². The normalized spacial score (nSPS) is 14.3. The van der Waals surface area contributed by atoms with Crippen LogP contribution in [0.1, 0.15) is 22.6 Å². The third kappa shape index (κ3) is 4.85. The first-order valence-electron chi connectivity index (χ1n) is 8.56. The van der Waals surface area contributed by atoms with E-state index in [9.17, 15) is 4.79 Å². The van der Waals surface area contributed by atoms with Crippen molar-refractivity contribution in [3.05, 3.63) is 46.0 Å². The van der Waals surface area contributed by atoms with Crippen LogP contribution in [-0.4, -0.2) is 43.4 Å². The van der Waals surface area contributed by atoms with Gasteiger partial charge in [0.05, 0.1) is 6.26 Å². The van der Waals surface area contributed by atoms with E-state index < -0.39 is 0 Å². The van der Waals surface area contributed by atoms with Crippen LogP contribution in [0.2, 0.25) is 0 Å². The average molecular weight is 360 g/mol. The van der Waals surface area contributed by atoms with Crippen LogP contribution >= 0.6 is 11.3 Å². The molecule has 3 heterocycles. The van der Waals surface area contributed by atoms with E-state index in [0.29, 0.717) is 18.9 Å². The number of nitrogens with one attached hydrogen (secondary N) is 2. The monoisotopic (exact) mass is 360 g/mol. The third-order valence-electron chi connectivity index (χ3n) is 4.26. The first-order chi connectivity index (χ1) is 12.3. The zero-order valence-electron chi connectivity index (χ0n) is 14.5. The molecule has 7 heteroatoms. The van der Waals surface area contributed by atoms with Crippen LogP contribution in [0.25, 0.3) is 0 Å². The second-order valence-electron chi connectivity index (χ2n) is 5.94. The molecule has 2 aromatic heterocycles. The van der Waals surface area contributed by atoms with Crippen molar-refractivity contribution in [2.45, 2.75) is 25.8 Å². The second-order valence-corrected chi connectivity index (χ2v) is 6.94. The van der Waals surface area contributed by atoms with Crippen LogP contribution < -0.4 is 10.6 Å². The molecule has 0 spiro atoms. The molecule has 0 radical (unpaired) electrons. The number of furan rings is 1. The number of aliphatic imine (C=N–C) groups is 1. The SMILES string of the molecule is CN=C(NCCC(=O)N1CCc2sccc2C1)NCCc1ccco1. The summed E-state index contributed by atoms with van der Waals surface area (Å²) in [7, 11) is 1.73. The second kappa shape index (κ2) is 8.71. The van der Waals surface area contributed by atoms with E-state index in [2.05, 4.69) is 27.1 Å². The predicted molar refractivity (Wildman–Crippen MR) is 99.8 cm³/mol. The van der Waals surface area contributed by atoms with Gasteiger partial charge in [-0.15, -0.1) is 11.3 Å². The molecule has 0 unspecified atom stereocenters. The Morgan fingerprint density at radius 2 is 2.24 bits per heavy atom. The van der Waals surface area contributed by atoms with E-state index >= 15 is 0 Å². The molecule has 0 saturated carbocycles. The Morgan fingerprint density at radius 3 is 3.04 bits per heavy atom. The molecule has 0 fully saturated rings. The fourth-order valence-electron chi connectivity index (χ4n) is 2.89. The number of carbonyl (C=O) groups is 1. The summed E-state index contributed by atoms with van der Waals surface area (Å²) in [5.41, 5.74) is 1.30. The van der Waals surface area contributed by atoms with Crippen molar-refractivity contribution in [2.75, 3.05) is 26.7 Å². The summed E-state index contributed by atoms with van der Waals surface area (Å²) in [5, 5.41) is 8.53. The molecule has 0 atom stereocenters. The minimum absolute atomic E-state index is 0.190. The number of hydrogen-bond donors (Lipinski definition) is 2. The molecule has 0 bridgehead atoms. The highest BCUT2D eigenvalue weighted by Crippen LogP contribution is 2.24. The van der Waals surface area contributed by atoms with E-state index in [4.69, 9.17) is 4.42 Å². The number of thiophene rings is 1. The van der Waals surface area contributed by atoms with Gasteiger partial charge in [-0.3, -0.25) is 9.79 Å². The molecular weight excluding hydrogens is 336 g/mol. The lowest BCUT2D eigenvalue weighted by Gasteiger charge is -2.27. The first-order valence-corrected chi connectivity index (χ1v) is 9.44. The summed E-state index contributed by atoms with van der Waals surface area (Å²) in [6.07, 6.45) is 3.91. The molecule has 2 aromatic rings. The number of fused-ring (bicyclic) bond motifs is 1. The predicted octanol–water partition coefficient (Wildman–Crippen LogP) is 2.02. The lowest BCUT2D eigenvalue weighted by Crippen LogP contribution is -2.41. The van der Waals surface area contributed by atoms with Crippen molar-refractivity contribution >= 4 is 23.2 Å². The molecule has 0 saturated heterocycles. The summed E-state index contributed by atoms with van der Waals surface area (Å²) in [4.78, 5) is 19.9. The summed E-state index contributed by atoms with van der Waals surface area (Å²) in [6, 6.07) is 5.96. The standard InChI is InChI=1S/C18H24N4O2S/c1-19-18(20-8-4-15-3-2-11-24-15)21-9-5-17(23)22-10-6-16-14(13-22)7-12-25-16/h2-3,7,11-12H,4-6,8-10,13H2,1H3,(H2,19,20,21). The molecule has 6 nitrogen and oxygen atoms in total. The molecule has 1 amide bonds. The van der Waals surface area contributed by atoms with Crippen LogP contribution in [0.3, 0.4) is 0 Å². The highest BCUT2D eigenvalue weighted by Gasteiger charge is 2.20. The van der Waals surface area contributed by atoms with Gasteiger partial charge in [0.25, 0.3) is 0 Å². The molecular formula is C18H24N4O2S. The molecule has 1 aliphatic heterocycles. The van der Waals surface area contributed by atoms with Crippen molar-refractivity contribution in [1.82, 2.24) is 15.5 Å². The van der Waals surface area contributed by atoms with Gasteiger partial charge in [0.1, 0.15) is 5.76 Å². The van der Waals surface area contributed by atoms with Gasteiger partial charge in [-0.05, 0) is 35.6 Å². The Hall–Kier alpha value is -2.28. The van der Waals surface area contributed by atoms with Gasteiger partial charge < -0.3 is 20.0 Å². The smallest absolute Gasteiger partial charge is 0.224 e. The Kier molecular flexibility index (Phi) is 6.11. The van der Waals surface area contributed by atoms with Crippen LogP contribution in [-0.2, 0) is 24.2 Å². The Morgan fingerprint density at radius 1 is 1.36 bits per heavy atom. The number of rotatable bonds is 6. The van der Waals surface area contributed by atoms with Crippen LogP contribution in [0.5, 0.6) is 0 Å². The molecule has 1 aliphatic rings. The van der Waals surface area contributed by atoms with Crippen molar-refractivity contribution in [1.29, 1.82) is 0 Å². The highest BCUT2D eigenvalue weighted by molar-refractivity contribution is 7.10. The molecule has 0 aromatic carbocycles. The summed E-state index contributed by atoms with van der Waals surface area (Å²) in [5.74, 6) is 1.84. The zero-order chi connectivity index (χ0) is 17.5. The van der Waals surface area contributed by atoms with Gasteiger partial charge in [0.2, 0.25) is 5.91 Å². The van der Waals surface area contributed by atoms with Crippen molar-refractivity contribution in [3.8, 4) is 0 Å². The fourth-order valence-corrected chi connectivity index (χ4v) is 3.78. The van der Waals surface area contributed by atoms with Gasteiger partial charge in [0, 0.05) is 50.9 Å². The van der Waals surface area contributed by atoms with Crippen LogP contribution in [0, 0.1) is 0 Å².